The number of nitrogens with zero attached hydrogens (tertiary/aromatic N) is 2. The van der Waals surface area contributed by atoms with Gasteiger partial charge in [-0.3, -0.25) is 4.79 Å². The van der Waals surface area contributed by atoms with Crippen LogP contribution in [0.4, 0.5) is 0 Å². The molecule has 0 aromatic carbocycles. The summed E-state index contributed by atoms with van der Waals surface area (Å²) < 4.78 is 6.93. The van der Waals surface area contributed by atoms with Gasteiger partial charge in [0.1, 0.15) is 0 Å². The standard InChI is InChI=1S/C12H20N2O2/c1-2-16-12(15)7-5-3-4-6-9-14-10-8-13-11-14/h8,10-11H,2-7,9H2,1H3. The lowest BCUT2D eigenvalue weighted by atomic mass is 10.1. The summed E-state index contributed by atoms with van der Waals surface area (Å²) in [5.74, 6) is -0.0721. The Bertz CT molecular complexity index is 283. The van der Waals surface area contributed by atoms with E-state index >= 15 is 0 Å². The van der Waals surface area contributed by atoms with E-state index in [0.29, 0.717) is 13.0 Å². The van der Waals surface area contributed by atoms with Crippen LogP contribution in [0.2, 0.25) is 0 Å². The number of imidazole rings is 1. The average Bonchev–Trinajstić information content (AvgIpc) is 2.76. The number of carbonyl (C=O) groups is 1. The summed E-state index contributed by atoms with van der Waals surface area (Å²) >= 11 is 0. The Balaban J connectivity index is 1.90. The second-order valence-electron chi connectivity index (χ2n) is 3.77. The van der Waals surface area contributed by atoms with E-state index in [1.165, 1.54) is 0 Å². The maximum absolute atomic E-state index is 11.0. The van der Waals surface area contributed by atoms with E-state index in [1.54, 1.807) is 6.20 Å². The lowest BCUT2D eigenvalue weighted by Crippen LogP contribution is -2.03. The number of hydrogen-bond donors (Lipinski definition) is 0. The molecule has 0 saturated carbocycles. The van der Waals surface area contributed by atoms with E-state index < -0.39 is 0 Å². The van der Waals surface area contributed by atoms with Crippen molar-refractivity contribution in [3.63, 3.8) is 0 Å². The van der Waals surface area contributed by atoms with Gasteiger partial charge in [-0.2, -0.15) is 0 Å². The molecule has 0 fully saturated rings. The molecule has 0 saturated heterocycles. The monoisotopic (exact) mass is 224 g/mol. The topological polar surface area (TPSA) is 44.1 Å². The summed E-state index contributed by atoms with van der Waals surface area (Å²) in [6.07, 6.45) is 10.5. The number of ether oxygens (including phenoxy) is 1. The third-order valence-corrected chi connectivity index (χ3v) is 2.41. The second kappa shape index (κ2) is 7.91. The first-order valence-corrected chi connectivity index (χ1v) is 5.94. The molecule has 1 aromatic heterocycles. The van der Waals surface area contributed by atoms with Crippen LogP contribution in [0.1, 0.15) is 39.0 Å². The number of esters is 1. The number of aryl methyl sites for hydroxylation is 1. The Hall–Kier alpha value is -1.32. The van der Waals surface area contributed by atoms with Gasteiger partial charge < -0.3 is 9.30 Å². The summed E-state index contributed by atoms with van der Waals surface area (Å²) in [6, 6.07) is 0. The van der Waals surface area contributed by atoms with Gasteiger partial charge in [0.2, 0.25) is 0 Å². The van der Waals surface area contributed by atoms with E-state index in [4.69, 9.17) is 4.74 Å². The molecular weight excluding hydrogens is 204 g/mol. The largest absolute Gasteiger partial charge is 0.466 e. The molecule has 0 unspecified atom stereocenters. The Labute approximate surface area is 96.6 Å². The lowest BCUT2D eigenvalue weighted by Gasteiger charge is -2.03. The zero-order valence-corrected chi connectivity index (χ0v) is 9.89. The molecule has 0 spiro atoms. The molecule has 0 N–H and O–H groups in total. The molecule has 4 heteroatoms. The summed E-state index contributed by atoms with van der Waals surface area (Å²) in [5, 5.41) is 0. The highest BCUT2D eigenvalue weighted by molar-refractivity contribution is 5.69. The van der Waals surface area contributed by atoms with Gasteiger partial charge in [-0.15, -0.1) is 0 Å². The third-order valence-electron chi connectivity index (χ3n) is 2.41. The predicted octanol–water partition coefficient (Wildman–Crippen LogP) is 2.40. The van der Waals surface area contributed by atoms with Gasteiger partial charge in [-0.25, -0.2) is 4.98 Å². The molecule has 1 rings (SSSR count). The fourth-order valence-corrected chi connectivity index (χ4v) is 1.57. The number of unbranched alkanes of at least 4 members (excludes halogenated alkanes) is 3. The highest BCUT2D eigenvalue weighted by atomic mass is 16.5. The Morgan fingerprint density at radius 3 is 2.81 bits per heavy atom. The minimum atomic E-state index is -0.0721. The number of aromatic nitrogens is 2. The normalized spacial score (nSPS) is 10.3. The predicted molar refractivity (Wildman–Crippen MR) is 61.9 cm³/mol. The lowest BCUT2D eigenvalue weighted by molar-refractivity contribution is -0.143. The van der Waals surface area contributed by atoms with E-state index in [-0.39, 0.29) is 5.97 Å². The number of rotatable bonds is 8. The maximum Gasteiger partial charge on any atom is 0.305 e. The van der Waals surface area contributed by atoms with Crippen LogP contribution < -0.4 is 0 Å². The molecule has 1 aromatic rings. The molecule has 90 valence electrons. The molecular formula is C12H20N2O2. The first-order valence-electron chi connectivity index (χ1n) is 5.94. The van der Waals surface area contributed by atoms with Gasteiger partial charge in [0.15, 0.2) is 0 Å². The van der Waals surface area contributed by atoms with Crippen molar-refractivity contribution in [2.75, 3.05) is 6.61 Å². The highest BCUT2D eigenvalue weighted by Gasteiger charge is 2.00. The van der Waals surface area contributed by atoms with Crippen molar-refractivity contribution < 1.29 is 9.53 Å². The van der Waals surface area contributed by atoms with Crippen LogP contribution in [0.25, 0.3) is 0 Å². The van der Waals surface area contributed by atoms with E-state index in [0.717, 1.165) is 32.2 Å². The van der Waals surface area contributed by atoms with Crippen LogP contribution >= 0.6 is 0 Å². The van der Waals surface area contributed by atoms with Crippen molar-refractivity contribution in [3.05, 3.63) is 18.7 Å². The van der Waals surface area contributed by atoms with Gasteiger partial charge >= 0.3 is 5.97 Å². The quantitative estimate of drug-likeness (QED) is 0.503. The SMILES string of the molecule is CCOC(=O)CCCCCCn1ccnc1. The summed E-state index contributed by atoms with van der Waals surface area (Å²) in [4.78, 5) is 15.0. The molecule has 1 heterocycles. The molecule has 4 nitrogen and oxygen atoms in total. The van der Waals surface area contributed by atoms with Gasteiger partial charge in [0.05, 0.1) is 12.9 Å². The maximum atomic E-state index is 11.0. The van der Waals surface area contributed by atoms with Crippen LogP contribution in [-0.2, 0) is 16.1 Å². The summed E-state index contributed by atoms with van der Waals surface area (Å²) in [6.45, 7) is 3.34. The van der Waals surface area contributed by atoms with Crippen molar-refractivity contribution >= 4 is 5.97 Å². The minimum Gasteiger partial charge on any atom is -0.466 e. The molecule has 0 amide bonds. The number of carbonyl (C=O) groups excluding carboxylic acids is 1. The first-order chi connectivity index (χ1) is 7.83. The fourth-order valence-electron chi connectivity index (χ4n) is 1.57. The van der Waals surface area contributed by atoms with Crippen LogP contribution in [0.3, 0.4) is 0 Å². The highest BCUT2D eigenvalue weighted by Crippen LogP contribution is 2.05. The Morgan fingerprint density at radius 1 is 1.31 bits per heavy atom. The van der Waals surface area contributed by atoms with Crippen molar-refractivity contribution in [1.29, 1.82) is 0 Å². The molecule has 0 bridgehead atoms. The van der Waals surface area contributed by atoms with Crippen molar-refractivity contribution in [3.8, 4) is 0 Å². The van der Waals surface area contributed by atoms with Gasteiger partial charge in [-0.1, -0.05) is 12.8 Å². The van der Waals surface area contributed by atoms with Crippen LogP contribution in [0, 0.1) is 0 Å². The van der Waals surface area contributed by atoms with E-state index in [9.17, 15) is 4.79 Å². The van der Waals surface area contributed by atoms with Gasteiger partial charge in [0.25, 0.3) is 0 Å². The summed E-state index contributed by atoms with van der Waals surface area (Å²) in [5.41, 5.74) is 0. The van der Waals surface area contributed by atoms with Crippen LogP contribution in [0.5, 0.6) is 0 Å². The zero-order chi connectivity index (χ0) is 11.6. The Kier molecular flexibility index (Phi) is 6.30. The number of hydrogen-bond acceptors (Lipinski definition) is 3. The molecule has 0 aliphatic rings. The summed E-state index contributed by atoms with van der Waals surface area (Å²) in [7, 11) is 0. The second-order valence-corrected chi connectivity index (χ2v) is 3.77. The zero-order valence-electron chi connectivity index (χ0n) is 9.89. The molecule has 0 radical (unpaired) electrons. The molecule has 0 aliphatic heterocycles. The first kappa shape index (κ1) is 12.7. The van der Waals surface area contributed by atoms with Crippen molar-refractivity contribution in [1.82, 2.24) is 9.55 Å². The smallest absolute Gasteiger partial charge is 0.305 e. The average molecular weight is 224 g/mol. The molecule has 0 aliphatic carbocycles. The van der Waals surface area contributed by atoms with E-state index in [2.05, 4.69) is 9.55 Å². The fraction of sp³-hybridized carbons (Fsp3) is 0.667. The molecule has 16 heavy (non-hydrogen) atoms. The van der Waals surface area contributed by atoms with Crippen LogP contribution in [0.15, 0.2) is 18.7 Å². The van der Waals surface area contributed by atoms with Gasteiger partial charge in [-0.05, 0) is 19.8 Å². The van der Waals surface area contributed by atoms with Gasteiger partial charge in [0, 0.05) is 25.4 Å². The third kappa shape index (κ3) is 5.53. The Morgan fingerprint density at radius 2 is 2.12 bits per heavy atom. The van der Waals surface area contributed by atoms with Crippen LogP contribution in [-0.4, -0.2) is 22.1 Å². The van der Waals surface area contributed by atoms with Crippen molar-refractivity contribution in [2.24, 2.45) is 0 Å². The van der Waals surface area contributed by atoms with Crippen molar-refractivity contribution in [2.45, 2.75) is 45.6 Å². The minimum absolute atomic E-state index is 0.0721. The van der Waals surface area contributed by atoms with E-state index in [1.807, 2.05) is 19.4 Å². The molecule has 0 atom stereocenters.